The highest BCUT2D eigenvalue weighted by molar-refractivity contribution is 5.90. The molecule has 0 aromatic heterocycles. The summed E-state index contributed by atoms with van der Waals surface area (Å²) in [6.07, 6.45) is -0.579. The van der Waals surface area contributed by atoms with Crippen molar-refractivity contribution in [2.45, 2.75) is 25.6 Å². The van der Waals surface area contributed by atoms with Gasteiger partial charge in [-0.05, 0) is 12.5 Å². The second kappa shape index (κ2) is 7.44. The van der Waals surface area contributed by atoms with Crippen LogP contribution in [0.1, 0.15) is 12.5 Å². The van der Waals surface area contributed by atoms with E-state index in [4.69, 9.17) is 9.47 Å². The lowest BCUT2D eigenvalue weighted by molar-refractivity contribution is -0.142. The molecule has 0 aliphatic carbocycles. The Balaban J connectivity index is 1.80. The van der Waals surface area contributed by atoms with E-state index in [1.165, 1.54) is 7.11 Å². The van der Waals surface area contributed by atoms with Crippen molar-refractivity contribution in [3.05, 3.63) is 35.9 Å². The summed E-state index contributed by atoms with van der Waals surface area (Å²) in [4.78, 5) is 27.1. The van der Waals surface area contributed by atoms with Crippen LogP contribution >= 0.6 is 0 Å². The van der Waals surface area contributed by atoms with Crippen molar-refractivity contribution in [3.8, 4) is 0 Å². The number of amides is 1. The third-order valence-corrected chi connectivity index (χ3v) is 3.06. The maximum absolute atomic E-state index is 11.7. The van der Waals surface area contributed by atoms with Crippen molar-refractivity contribution in [2.75, 3.05) is 13.7 Å². The van der Waals surface area contributed by atoms with Crippen LogP contribution in [0, 0.1) is 0 Å². The van der Waals surface area contributed by atoms with Crippen molar-refractivity contribution in [1.29, 1.82) is 0 Å². The van der Waals surface area contributed by atoms with Crippen molar-refractivity contribution >= 4 is 18.0 Å². The number of aliphatic imine (C=N–C) groups is 1. The van der Waals surface area contributed by atoms with Gasteiger partial charge in [0.15, 0.2) is 6.04 Å². The Morgan fingerprint density at radius 2 is 2.14 bits per heavy atom. The SMILES string of the molecule is COC(=O)[C@@H]1COC([C@H](C)NC(=O)OCc2ccccc2)=N1. The van der Waals surface area contributed by atoms with Crippen LogP contribution in [0.5, 0.6) is 0 Å². The number of nitrogens with zero attached hydrogens (tertiary/aromatic N) is 1. The molecule has 22 heavy (non-hydrogen) atoms. The Kier molecular flexibility index (Phi) is 5.35. The standard InChI is InChI=1S/C15H18N2O5/c1-10(13-17-12(9-21-13)14(18)20-2)16-15(19)22-8-11-6-4-3-5-7-11/h3-7,10,12H,8-9H2,1-2H3,(H,16,19)/t10-,12-/m0/s1. The molecule has 7 heteroatoms. The number of hydrogen-bond donors (Lipinski definition) is 1. The molecule has 0 saturated heterocycles. The predicted molar refractivity (Wildman–Crippen MR) is 78.4 cm³/mol. The Hall–Kier alpha value is -2.57. The molecule has 0 bridgehead atoms. The average molecular weight is 306 g/mol. The molecule has 1 heterocycles. The second-order valence-electron chi connectivity index (χ2n) is 4.75. The number of nitrogens with one attached hydrogen (secondary N) is 1. The van der Waals surface area contributed by atoms with Crippen LogP contribution in [-0.4, -0.2) is 43.8 Å². The molecule has 0 radical (unpaired) electrons. The highest BCUT2D eigenvalue weighted by Gasteiger charge is 2.29. The van der Waals surface area contributed by atoms with E-state index in [1.807, 2.05) is 30.3 Å². The van der Waals surface area contributed by atoms with Crippen LogP contribution in [0.2, 0.25) is 0 Å². The number of methoxy groups -OCH3 is 1. The molecule has 1 aliphatic heterocycles. The molecule has 7 nitrogen and oxygen atoms in total. The molecule has 0 saturated carbocycles. The first-order valence-electron chi connectivity index (χ1n) is 6.85. The van der Waals surface area contributed by atoms with Crippen LogP contribution in [0.3, 0.4) is 0 Å². The zero-order valence-electron chi connectivity index (χ0n) is 12.4. The van der Waals surface area contributed by atoms with Gasteiger partial charge in [0.05, 0.1) is 7.11 Å². The molecule has 0 fully saturated rings. The summed E-state index contributed by atoms with van der Waals surface area (Å²) in [7, 11) is 1.29. The molecular formula is C15H18N2O5. The molecule has 1 N–H and O–H groups in total. The van der Waals surface area contributed by atoms with E-state index < -0.39 is 24.1 Å². The van der Waals surface area contributed by atoms with E-state index in [9.17, 15) is 9.59 Å². The van der Waals surface area contributed by atoms with Gasteiger partial charge in [0.1, 0.15) is 19.3 Å². The Morgan fingerprint density at radius 3 is 2.82 bits per heavy atom. The number of esters is 1. The number of benzene rings is 1. The number of rotatable bonds is 5. The fourth-order valence-electron chi connectivity index (χ4n) is 1.89. The number of carbonyl (C=O) groups excluding carboxylic acids is 2. The van der Waals surface area contributed by atoms with Gasteiger partial charge in [0.2, 0.25) is 5.90 Å². The first kappa shape index (κ1) is 15.8. The topological polar surface area (TPSA) is 86.2 Å². The third-order valence-electron chi connectivity index (χ3n) is 3.06. The predicted octanol–water partition coefficient (Wildman–Crippen LogP) is 1.27. The van der Waals surface area contributed by atoms with Crippen molar-refractivity contribution in [2.24, 2.45) is 4.99 Å². The highest BCUT2D eigenvalue weighted by atomic mass is 16.6. The van der Waals surface area contributed by atoms with Crippen molar-refractivity contribution in [1.82, 2.24) is 5.32 Å². The molecule has 1 aromatic rings. The lowest BCUT2D eigenvalue weighted by Gasteiger charge is -2.13. The van der Waals surface area contributed by atoms with Crippen LogP contribution < -0.4 is 5.32 Å². The third kappa shape index (κ3) is 4.21. The number of alkyl carbamates (subject to hydrolysis) is 1. The van der Waals surface area contributed by atoms with E-state index in [0.29, 0.717) is 0 Å². The number of ether oxygens (including phenoxy) is 3. The van der Waals surface area contributed by atoms with Gasteiger partial charge in [-0.25, -0.2) is 14.6 Å². The zero-order valence-corrected chi connectivity index (χ0v) is 12.4. The summed E-state index contributed by atoms with van der Waals surface area (Å²) in [5.74, 6) is -0.180. The molecule has 0 unspecified atom stereocenters. The molecule has 1 amide bonds. The lowest BCUT2D eigenvalue weighted by Crippen LogP contribution is -2.38. The number of hydrogen-bond acceptors (Lipinski definition) is 6. The average Bonchev–Trinajstić information content (AvgIpc) is 3.03. The highest BCUT2D eigenvalue weighted by Crippen LogP contribution is 2.09. The van der Waals surface area contributed by atoms with Crippen molar-refractivity contribution < 1.29 is 23.8 Å². The monoisotopic (exact) mass is 306 g/mol. The quantitative estimate of drug-likeness (QED) is 0.828. The van der Waals surface area contributed by atoms with Crippen LogP contribution in [0.15, 0.2) is 35.3 Å². The van der Waals surface area contributed by atoms with E-state index in [0.717, 1.165) is 5.56 Å². The largest absolute Gasteiger partial charge is 0.477 e. The molecule has 0 spiro atoms. The first-order chi connectivity index (χ1) is 10.6. The van der Waals surface area contributed by atoms with Gasteiger partial charge in [-0.3, -0.25) is 0 Å². The maximum atomic E-state index is 11.7. The first-order valence-corrected chi connectivity index (χ1v) is 6.85. The molecule has 118 valence electrons. The maximum Gasteiger partial charge on any atom is 0.408 e. The minimum Gasteiger partial charge on any atom is -0.477 e. The summed E-state index contributed by atoms with van der Waals surface area (Å²) >= 11 is 0. The summed E-state index contributed by atoms with van der Waals surface area (Å²) < 4.78 is 15.0. The van der Waals surface area contributed by atoms with Gasteiger partial charge in [-0.2, -0.15) is 0 Å². The minimum absolute atomic E-state index is 0.118. The normalized spacial score (nSPS) is 17.9. The van der Waals surface area contributed by atoms with Crippen LogP contribution in [0.25, 0.3) is 0 Å². The van der Waals surface area contributed by atoms with Gasteiger partial charge < -0.3 is 19.5 Å². The van der Waals surface area contributed by atoms with Gasteiger partial charge >= 0.3 is 12.1 Å². The van der Waals surface area contributed by atoms with Gasteiger partial charge in [-0.15, -0.1) is 0 Å². The smallest absolute Gasteiger partial charge is 0.408 e. The zero-order chi connectivity index (χ0) is 15.9. The van der Waals surface area contributed by atoms with E-state index >= 15 is 0 Å². The molecule has 1 aromatic carbocycles. The van der Waals surface area contributed by atoms with Gasteiger partial charge in [0, 0.05) is 0 Å². The molecular weight excluding hydrogens is 288 g/mol. The van der Waals surface area contributed by atoms with E-state index in [-0.39, 0.29) is 19.1 Å². The van der Waals surface area contributed by atoms with Crippen LogP contribution in [0.4, 0.5) is 4.79 Å². The molecule has 1 aliphatic rings. The second-order valence-corrected chi connectivity index (χ2v) is 4.75. The molecule has 2 atom stereocenters. The summed E-state index contributed by atoms with van der Waals surface area (Å²) in [6.45, 7) is 1.99. The Labute approximate surface area is 128 Å². The van der Waals surface area contributed by atoms with Gasteiger partial charge in [-0.1, -0.05) is 30.3 Å². The lowest BCUT2D eigenvalue weighted by atomic mass is 10.2. The molecule has 2 rings (SSSR count). The van der Waals surface area contributed by atoms with E-state index in [1.54, 1.807) is 6.92 Å². The Morgan fingerprint density at radius 1 is 1.41 bits per heavy atom. The summed E-state index contributed by atoms with van der Waals surface area (Å²) in [5, 5.41) is 2.60. The van der Waals surface area contributed by atoms with Crippen LogP contribution in [-0.2, 0) is 25.6 Å². The summed E-state index contributed by atoms with van der Waals surface area (Å²) in [6, 6.07) is 8.19. The van der Waals surface area contributed by atoms with Crippen molar-refractivity contribution in [3.63, 3.8) is 0 Å². The fraction of sp³-hybridized carbons (Fsp3) is 0.400. The number of carbonyl (C=O) groups is 2. The Bertz CT molecular complexity index is 558. The van der Waals surface area contributed by atoms with E-state index in [2.05, 4.69) is 15.0 Å². The summed E-state index contributed by atoms with van der Waals surface area (Å²) in [5.41, 5.74) is 0.894. The van der Waals surface area contributed by atoms with Gasteiger partial charge in [0.25, 0.3) is 0 Å². The fourth-order valence-corrected chi connectivity index (χ4v) is 1.89. The minimum atomic E-state index is -0.676.